The maximum Gasteiger partial charge on any atom is 0.368 e. The summed E-state index contributed by atoms with van der Waals surface area (Å²) >= 11 is 3.54. The van der Waals surface area contributed by atoms with Gasteiger partial charge in [-0.2, -0.15) is 4.40 Å². The maximum absolute atomic E-state index is 3.61. The van der Waals surface area contributed by atoms with Crippen molar-refractivity contribution in [2.75, 3.05) is 19.6 Å². The SMILES string of the molecule is CCN(CC)CCn1c(-c2ccc(Br)cc2)c[n+]2c3ccccc3[nH]c12. The topological polar surface area (TPSA) is 28.1 Å². The van der Waals surface area contributed by atoms with Gasteiger partial charge in [0.25, 0.3) is 0 Å². The van der Waals surface area contributed by atoms with Crippen LogP contribution in [0, 0.1) is 0 Å². The summed E-state index contributed by atoms with van der Waals surface area (Å²) in [7, 11) is 0. The molecule has 0 radical (unpaired) electrons. The summed E-state index contributed by atoms with van der Waals surface area (Å²) in [6.07, 6.45) is 2.25. The van der Waals surface area contributed by atoms with E-state index in [9.17, 15) is 0 Å². The van der Waals surface area contributed by atoms with Gasteiger partial charge in [-0.05, 0) is 37.4 Å². The number of nitrogens with one attached hydrogen (secondary N) is 1. The normalized spacial score (nSPS) is 11.8. The summed E-state index contributed by atoms with van der Waals surface area (Å²) in [5.41, 5.74) is 4.85. The molecule has 26 heavy (non-hydrogen) atoms. The molecule has 0 bridgehead atoms. The Labute approximate surface area is 162 Å². The molecular formula is C21H24BrN4+. The molecule has 0 amide bonds. The van der Waals surface area contributed by atoms with Gasteiger partial charge in [-0.3, -0.25) is 0 Å². The van der Waals surface area contributed by atoms with Crippen LogP contribution in [-0.4, -0.2) is 34.1 Å². The largest absolute Gasteiger partial charge is 0.368 e. The Morgan fingerprint density at radius 1 is 1.04 bits per heavy atom. The third-order valence-corrected chi connectivity index (χ3v) is 5.64. The summed E-state index contributed by atoms with van der Waals surface area (Å²) in [5.74, 6) is 1.14. The van der Waals surface area contributed by atoms with E-state index in [2.05, 4.69) is 103 Å². The average Bonchev–Trinajstić information content (AvgIpc) is 3.20. The second-order valence-electron chi connectivity index (χ2n) is 6.54. The number of benzene rings is 2. The lowest BCUT2D eigenvalue weighted by molar-refractivity contribution is -0.479. The van der Waals surface area contributed by atoms with Crippen LogP contribution in [0.1, 0.15) is 13.8 Å². The lowest BCUT2D eigenvalue weighted by Crippen LogP contribution is -2.27. The molecule has 0 saturated heterocycles. The predicted molar refractivity (Wildman–Crippen MR) is 110 cm³/mol. The number of H-pyrrole nitrogens is 1. The Kier molecular flexibility index (Phi) is 4.83. The molecule has 5 heteroatoms. The van der Waals surface area contributed by atoms with Gasteiger partial charge in [-0.1, -0.05) is 54.0 Å². The van der Waals surface area contributed by atoms with E-state index in [1.165, 1.54) is 22.3 Å². The molecule has 2 aromatic carbocycles. The highest BCUT2D eigenvalue weighted by atomic mass is 79.9. The summed E-state index contributed by atoms with van der Waals surface area (Å²) in [6.45, 7) is 8.60. The molecule has 0 atom stereocenters. The van der Waals surface area contributed by atoms with Crippen molar-refractivity contribution in [3.05, 3.63) is 59.2 Å². The van der Waals surface area contributed by atoms with Crippen molar-refractivity contribution in [1.82, 2.24) is 14.5 Å². The Morgan fingerprint density at radius 2 is 1.77 bits per heavy atom. The third kappa shape index (κ3) is 3.06. The van der Waals surface area contributed by atoms with Crippen molar-refractivity contribution >= 4 is 32.7 Å². The lowest BCUT2D eigenvalue weighted by atomic mass is 10.1. The molecule has 0 unspecified atom stereocenters. The number of nitrogens with zero attached hydrogens (tertiary/aromatic N) is 3. The summed E-state index contributed by atoms with van der Waals surface area (Å²) < 4.78 is 5.78. The van der Waals surface area contributed by atoms with E-state index < -0.39 is 0 Å². The quantitative estimate of drug-likeness (QED) is 0.465. The van der Waals surface area contributed by atoms with Gasteiger partial charge >= 0.3 is 5.78 Å². The molecule has 0 aliphatic heterocycles. The first-order valence-electron chi connectivity index (χ1n) is 9.21. The third-order valence-electron chi connectivity index (χ3n) is 5.11. The minimum absolute atomic E-state index is 0.955. The molecule has 0 fully saturated rings. The van der Waals surface area contributed by atoms with E-state index in [-0.39, 0.29) is 0 Å². The highest BCUT2D eigenvalue weighted by molar-refractivity contribution is 9.10. The van der Waals surface area contributed by atoms with Gasteiger partial charge in [0, 0.05) is 16.6 Å². The number of halogens is 1. The fourth-order valence-corrected chi connectivity index (χ4v) is 3.84. The van der Waals surface area contributed by atoms with Gasteiger partial charge in [0.05, 0.1) is 6.54 Å². The van der Waals surface area contributed by atoms with E-state index in [0.29, 0.717) is 0 Å². The average molecular weight is 412 g/mol. The van der Waals surface area contributed by atoms with E-state index in [1.807, 2.05) is 0 Å². The van der Waals surface area contributed by atoms with Crippen LogP contribution in [0.3, 0.4) is 0 Å². The zero-order valence-electron chi connectivity index (χ0n) is 15.2. The summed E-state index contributed by atoms with van der Waals surface area (Å²) in [4.78, 5) is 6.07. The van der Waals surface area contributed by atoms with Crippen LogP contribution in [0.4, 0.5) is 0 Å². The standard InChI is InChI=1S/C21H23BrN4/c1-3-24(4-2)13-14-25-20(16-9-11-17(22)12-10-16)15-26-19-8-6-5-7-18(19)23-21(25)26/h5-12,15H,3-4,13-14H2,1-2H3/p+1. The van der Waals surface area contributed by atoms with Crippen molar-refractivity contribution in [3.8, 4) is 11.3 Å². The fraction of sp³-hybridized carbons (Fsp3) is 0.286. The molecular weight excluding hydrogens is 388 g/mol. The van der Waals surface area contributed by atoms with E-state index in [1.54, 1.807) is 0 Å². The Bertz CT molecular complexity index is 1030. The number of hydrogen-bond acceptors (Lipinski definition) is 1. The van der Waals surface area contributed by atoms with Crippen LogP contribution in [0.2, 0.25) is 0 Å². The molecule has 2 aromatic heterocycles. The molecule has 0 aliphatic rings. The molecule has 2 heterocycles. The van der Waals surface area contributed by atoms with Crippen molar-refractivity contribution in [2.45, 2.75) is 20.4 Å². The molecule has 4 rings (SSSR count). The minimum atomic E-state index is 0.955. The Hall–Kier alpha value is -2.11. The molecule has 4 aromatic rings. The van der Waals surface area contributed by atoms with Gasteiger partial charge in [-0.25, -0.2) is 9.55 Å². The fourth-order valence-electron chi connectivity index (χ4n) is 3.58. The summed E-state index contributed by atoms with van der Waals surface area (Å²) in [5, 5.41) is 0. The monoisotopic (exact) mass is 411 g/mol. The minimum Gasteiger partial charge on any atom is -0.301 e. The Balaban J connectivity index is 1.85. The first-order chi connectivity index (χ1) is 12.7. The number of aromatic nitrogens is 3. The number of imidazole rings is 2. The molecule has 0 aliphatic carbocycles. The number of aromatic amines is 1. The van der Waals surface area contributed by atoms with Gasteiger partial charge in [-0.15, -0.1) is 0 Å². The second kappa shape index (κ2) is 7.25. The highest BCUT2D eigenvalue weighted by Crippen LogP contribution is 2.24. The number of rotatable bonds is 6. The van der Waals surface area contributed by atoms with Crippen molar-refractivity contribution in [2.24, 2.45) is 0 Å². The van der Waals surface area contributed by atoms with Crippen LogP contribution in [0.25, 0.3) is 28.1 Å². The van der Waals surface area contributed by atoms with Gasteiger partial charge in [0.15, 0.2) is 0 Å². The van der Waals surface area contributed by atoms with Crippen LogP contribution in [-0.2, 0) is 6.54 Å². The maximum atomic E-state index is 3.61. The van der Waals surface area contributed by atoms with Gasteiger partial charge in [0.2, 0.25) is 0 Å². The molecule has 134 valence electrons. The number of hydrogen-bond donors (Lipinski definition) is 1. The predicted octanol–water partition coefficient (Wildman–Crippen LogP) is 4.48. The van der Waals surface area contributed by atoms with E-state index in [0.717, 1.165) is 36.4 Å². The van der Waals surface area contributed by atoms with Crippen molar-refractivity contribution in [3.63, 3.8) is 0 Å². The Morgan fingerprint density at radius 3 is 2.50 bits per heavy atom. The first-order valence-corrected chi connectivity index (χ1v) is 10.0. The number of likely N-dealkylation sites (N-methyl/N-ethyl adjacent to an activating group) is 1. The summed E-state index contributed by atoms with van der Waals surface area (Å²) in [6, 6.07) is 17.0. The smallest absolute Gasteiger partial charge is 0.301 e. The molecule has 0 saturated carbocycles. The van der Waals surface area contributed by atoms with Gasteiger partial charge in [0.1, 0.15) is 22.9 Å². The molecule has 1 N–H and O–H groups in total. The van der Waals surface area contributed by atoms with Crippen LogP contribution in [0.15, 0.2) is 59.2 Å². The van der Waals surface area contributed by atoms with Crippen LogP contribution in [0.5, 0.6) is 0 Å². The lowest BCUT2D eigenvalue weighted by Gasteiger charge is -2.17. The molecule has 0 spiro atoms. The van der Waals surface area contributed by atoms with Gasteiger partial charge < -0.3 is 4.90 Å². The van der Waals surface area contributed by atoms with Crippen molar-refractivity contribution in [1.29, 1.82) is 0 Å². The highest BCUT2D eigenvalue weighted by Gasteiger charge is 2.22. The first kappa shape index (κ1) is 17.3. The zero-order valence-corrected chi connectivity index (χ0v) is 16.8. The zero-order chi connectivity index (χ0) is 18.1. The van der Waals surface area contributed by atoms with Crippen molar-refractivity contribution < 1.29 is 4.40 Å². The van der Waals surface area contributed by atoms with Crippen LogP contribution < -0.4 is 4.40 Å². The second-order valence-corrected chi connectivity index (χ2v) is 7.45. The van der Waals surface area contributed by atoms with E-state index in [4.69, 9.17) is 0 Å². The molecule has 4 nitrogen and oxygen atoms in total. The number of fused-ring (bicyclic) bond motifs is 3. The van der Waals surface area contributed by atoms with E-state index >= 15 is 0 Å². The number of para-hydroxylation sites is 2. The van der Waals surface area contributed by atoms with Crippen LogP contribution >= 0.6 is 15.9 Å².